The third-order valence-corrected chi connectivity index (χ3v) is 6.21. The summed E-state index contributed by atoms with van der Waals surface area (Å²) in [6, 6.07) is 24.2. The Kier molecular flexibility index (Phi) is 8.65. The van der Waals surface area contributed by atoms with Crippen LogP contribution in [0.15, 0.2) is 78.9 Å². The number of hydrogen-bond acceptors (Lipinski definition) is 5. The fourth-order valence-electron chi connectivity index (χ4n) is 3.89. The quantitative estimate of drug-likeness (QED) is 0.479. The average Bonchev–Trinajstić information content (AvgIpc) is 2.90. The van der Waals surface area contributed by atoms with Crippen LogP contribution in [0, 0.1) is 0 Å². The van der Waals surface area contributed by atoms with Gasteiger partial charge in [0.05, 0.1) is 6.61 Å². The number of nitrogens with one attached hydrogen (secondary N) is 2. The number of piperazine rings is 1. The van der Waals surface area contributed by atoms with Crippen molar-refractivity contribution < 1.29 is 14.3 Å². The normalized spacial score (nSPS) is 13.6. The summed E-state index contributed by atoms with van der Waals surface area (Å²) < 4.78 is 5.78. The van der Waals surface area contributed by atoms with Crippen LogP contribution >= 0.6 is 12.2 Å². The van der Waals surface area contributed by atoms with E-state index in [2.05, 4.69) is 34.7 Å². The van der Waals surface area contributed by atoms with Crippen LogP contribution in [0.3, 0.4) is 0 Å². The van der Waals surface area contributed by atoms with E-state index in [0.29, 0.717) is 42.3 Å². The van der Waals surface area contributed by atoms with Gasteiger partial charge in [-0.05, 0) is 67.3 Å². The second-order valence-corrected chi connectivity index (χ2v) is 9.10. The highest BCUT2D eigenvalue weighted by Crippen LogP contribution is 2.15. The minimum atomic E-state index is -0.326. The van der Waals surface area contributed by atoms with Gasteiger partial charge < -0.3 is 19.9 Å². The predicted octanol–water partition coefficient (Wildman–Crippen LogP) is 3.82. The van der Waals surface area contributed by atoms with E-state index in [-0.39, 0.29) is 16.9 Å². The highest BCUT2D eigenvalue weighted by atomic mass is 32.1. The second-order valence-electron chi connectivity index (χ2n) is 8.69. The van der Waals surface area contributed by atoms with Gasteiger partial charge in [-0.2, -0.15) is 0 Å². The first kappa shape index (κ1) is 25.3. The first-order valence-electron chi connectivity index (χ1n) is 11.9. The summed E-state index contributed by atoms with van der Waals surface area (Å²) in [7, 11) is 2.05. The molecule has 1 heterocycles. The Balaban J connectivity index is 1.26. The maximum Gasteiger partial charge on any atom is 0.257 e. The van der Waals surface area contributed by atoms with Gasteiger partial charge in [0, 0.05) is 49.4 Å². The molecule has 0 bridgehead atoms. The van der Waals surface area contributed by atoms with Crippen molar-refractivity contribution in [1.82, 2.24) is 15.1 Å². The molecule has 0 aliphatic carbocycles. The summed E-state index contributed by atoms with van der Waals surface area (Å²) in [5.74, 6) is 0.366. The Bertz CT molecular complexity index is 1190. The molecule has 4 rings (SSSR count). The summed E-state index contributed by atoms with van der Waals surface area (Å²) in [6.45, 7) is 3.69. The number of anilines is 1. The van der Waals surface area contributed by atoms with Gasteiger partial charge in [0.2, 0.25) is 0 Å². The van der Waals surface area contributed by atoms with Gasteiger partial charge in [-0.25, -0.2) is 0 Å². The third kappa shape index (κ3) is 7.13. The molecule has 0 unspecified atom stereocenters. The maximum absolute atomic E-state index is 12.8. The van der Waals surface area contributed by atoms with Gasteiger partial charge in [-0.3, -0.25) is 14.9 Å². The first-order chi connectivity index (χ1) is 17.5. The van der Waals surface area contributed by atoms with Crippen LogP contribution in [0.2, 0.25) is 0 Å². The van der Waals surface area contributed by atoms with Crippen LogP contribution < -0.4 is 15.4 Å². The molecule has 0 radical (unpaired) electrons. The van der Waals surface area contributed by atoms with E-state index in [1.54, 1.807) is 48.5 Å². The zero-order valence-corrected chi connectivity index (χ0v) is 21.1. The van der Waals surface area contributed by atoms with Crippen LogP contribution in [0.25, 0.3) is 0 Å². The summed E-state index contributed by atoms with van der Waals surface area (Å²) in [5, 5.41) is 5.84. The number of nitrogens with zero attached hydrogens (tertiary/aromatic N) is 2. The molecule has 186 valence electrons. The molecular formula is C28H30N4O3S. The molecule has 0 aromatic heterocycles. The van der Waals surface area contributed by atoms with Crippen molar-refractivity contribution in [1.29, 1.82) is 0 Å². The van der Waals surface area contributed by atoms with Crippen molar-refractivity contribution in [2.75, 3.05) is 45.2 Å². The van der Waals surface area contributed by atoms with E-state index in [9.17, 15) is 9.59 Å². The van der Waals surface area contributed by atoms with Crippen LogP contribution in [0.5, 0.6) is 5.75 Å². The average molecular weight is 503 g/mol. The van der Waals surface area contributed by atoms with Crippen molar-refractivity contribution in [2.24, 2.45) is 0 Å². The first-order valence-corrected chi connectivity index (χ1v) is 12.4. The molecule has 3 aromatic rings. The topological polar surface area (TPSA) is 73.9 Å². The number of hydrogen-bond donors (Lipinski definition) is 2. The van der Waals surface area contributed by atoms with Crippen LogP contribution in [-0.4, -0.2) is 66.6 Å². The second kappa shape index (κ2) is 12.3. The zero-order chi connectivity index (χ0) is 25.3. The highest BCUT2D eigenvalue weighted by Gasteiger charge is 2.20. The zero-order valence-electron chi connectivity index (χ0n) is 20.3. The largest absolute Gasteiger partial charge is 0.493 e. The molecule has 0 saturated carbocycles. The molecule has 1 fully saturated rings. The number of likely N-dealkylation sites (N-methyl/N-ethyl adjacent to an activating group) is 1. The summed E-state index contributed by atoms with van der Waals surface area (Å²) in [6.07, 6.45) is 0.811. The number of ether oxygens (including phenoxy) is 1. The summed E-state index contributed by atoms with van der Waals surface area (Å²) >= 11 is 5.32. The Morgan fingerprint density at radius 3 is 2.33 bits per heavy atom. The molecule has 2 amide bonds. The van der Waals surface area contributed by atoms with Gasteiger partial charge in [0.15, 0.2) is 5.11 Å². The maximum atomic E-state index is 12.8. The van der Waals surface area contributed by atoms with E-state index in [0.717, 1.165) is 19.5 Å². The van der Waals surface area contributed by atoms with E-state index < -0.39 is 0 Å². The van der Waals surface area contributed by atoms with Gasteiger partial charge in [0.25, 0.3) is 11.8 Å². The molecule has 2 N–H and O–H groups in total. The predicted molar refractivity (Wildman–Crippen MR) is 146 cm³/mol. The molecule has 1 aliphatic rings. The number of amides is 2. The van der Waals surface area contributed by atoms with Crippen molar-refractivity contribution in [3.8, 4) is 5.75 Å². The van der Waals surface area contributed by atoms with E-state index in [1.807, 2.05) is 23.1 Å². The van der Waals surface area contributed by atoms with Crippen molar-refractivity contribution in [3.05, 3.63) is 95.6 Å². The lowest BCUT2D eigenvalue weighted by atomic mass is 10.1. The molecule has 7 nitrogen and oxygen atoms in total. The van der Waals surface area contributed by atoms with Crippen molar-refractivity contribution in [3.63, 3.8) is 0 Å². The van der Waals surface area contributed by atoms with E-state index in [1.165, 1.54) is 5.56 Å². The fraction of sp³-hybridized carbons (Fsp3) is 0.250. The Morgan fingerprint density at radius 1 is 0.889 bits per heavy atom. The van der Waals surface area contributed by atoms with Crippen LogP contribution in [0.4, 0.5) is 5.69 Å². The summed E-state index contributed by atoms with van der Waals surface area (Å²) in [5.41, 5.74) is 2.90. The number of carbonyl (C=O) groups is 2. The number of rotatable bonds is 7. The lowest BCUT2D eigenvalue weighted by Crippen LogP contribution is -2.47. The lowest BCUT2D eigenvalue weighted by Gasteiger charge is -2.32. The van der Waals surface area contributed by atoms with Gasteiger partial charge in [0.1, 0.15) is 5.75 Å². The molecule has 1 aliphatic heterocycles. The standard InChI is InChI=1S/C28H30N4O3S/c1-31-15-17-32(18-16-31)27(34)23-8-5-9-24(20-23)29-28(36)30-26(33)22-10-12-25(13-11-22)35-19-14-21-6-3-2-4-7-21/h2-13,20H,14-19H2,1H3,(H2,29,30,33,36). The van der Waals surface area contributed by atoms with E-state index in [4.69, 9.17) is 17.0 Å². The van der Waals surface area contributed by atoms with Crippen molar-refractivity contribution >= 4 is 34.8 Å². The SMILES string of the molecule is CN1CCN(C(=O)c2cccc(NC(=S)NC(=O)c3ccc(OCCc4ccccc4)cc3)c2)CC1. The number of carbonyl (C=O) groups excluding carboxylic acids is 2. The smallest absolute Gasteiger partial charge is 0.257 e. The number of thiocarbonyl (C=S) groups is 1. The Morgan fingerprint density at radius 2 is 1.61 bits per heavy atom. The molecular weight excluding hydrogens is 472 g/mol. The molecule has 36 heavy (non-hydrogen) atoms. The molecule has 0 spiro atoms. The highest BCUT2D eigenvalue weighted by molar-refractivity contribution is 7.80. The molecule has 0 atom stereocenters. The fourth-order valence-corrected chi connectivity index (χ4v) is 4.10. The molecule has 8 heteroatoms. The lowest BCUT2D eigenvalue weighted by molar-refractivity contribution is 0.0664. The van der Waals surface area contributed by atoms with Crippen molar-refractivity contribution in [2.45, 2.75) is 6.42 Å². The third-order valence-electron chi connectivity index (χ3n) is 6.00. The van der Waals surface area contributed by atoms with E-state index >= 15 is 0 Å². The Labute approximate surface area is 217 Å². The van der Waals surface area contributed by atoms with Gasteiger partial charge in [-0.15, -0.1) is 0 Å². The van der Waals surface area contributed by atoms with Crippen LogP contribution in [0.1, 0.15) is 26.3 Å². The number of benzene rings is 3. The van der Waals surface area contributed by atoms with Crippen LogP contribution in [-0.2, 0) is 6.42 Å². The van der Waals surface area contributed by atoms with Gasteiger partial charge in [-0.1, -0.05) is 36.4 Å². The monoisotopic (exact) mass is 502 g/mol. The minimum absolute atomic E-state index is 0.00668. The molecule has 3 aromatic carbocycles. The Hall–Kier alpha value is -3.75. The molecule has 1 saturated heterocycles. The summed E-state index contributed by atoms with van der Waals surface area (Å²) in [4.78, 5) is 29.5. The van der Waals surface area contributed by atoms with Gasteiger partial charge >= 0.3 is 0 Å². The minimum Gasteiger partial charge on any atom is -0.493 e.